The van der Waals surface area contributed by atoms with Gasteiger partial charge in [0.1, 0.15) is 54.8 Å². The van der Waals surface area contributed by atoms with E-state index in [0.29, 0.717) is 38.9 Å². The molecule has 0 aliphatic heterocycles. The fourth-order valence-corrected chi connectivity index (χ4v) is 11.0. The second-order valence-electron chi connectivity index (χ2n) is 15.7. The Kier molecular flexibility index (Phi) is 9.79. The largest absolute Gasteiger partial charge is 0.489 e. The van der Waals surface area contributed by atoms with Crippen molar-refractivity contribution in [2.45, 2.75) is 19.6 Å². The molecule has 4 N–H and O–H groups in total. The van der Waals surface area contributed by atoms with Gasteiger partial charge in [-0.15, -0.1) is 23.3 Å². The number of rotatable bonds is 14. The standard InChI is InChI=1S/C43H32N8O14S4/c1-64-18-19-65-38-21-28(12-17-35(38)47-48-36-16-10-27-20-31(66(52,53)54)14-15-32(27)42(36)51(47)48)44-45-29-11-8-25(39(22-29)67(55,56)57)6-7-26-9-13-30(23-40(26)68(58,59)60)46-49-37-24-41(69(61,62)63)33-4-2-3-5-34(33)43(37)50(46)49/h2-17,20-24H,18-19H2,1H3,(H,52,53,54)(H,55,56,57)(H,58,59,60)(H,61,62,63). The van der Waals surface area contributed by atoms with Gasteiger partial charge in [-0.1, -0.05) is 60.7 Å². The normalized spacial score (nSPS) is 13.5. The zero-order valence-electron chi connectivity index (χ0n) is 35.1. The van der Waals surface area contributed by atoms with Gasteiger partial charge < -0.3 is 9.47 Å². The number of azo groups is 1. The Hall–Kier alpha value is -7.40. The van der Waals surface area contributed by atoms with Crippen LogP contribution in [-0.2, 0) is 45.2 Å². The van der Waals surface area contributed by atoms with Crippen molar-refractivity contribution in [1.29, 1.82) is 0 Å². The van der Waals surface area contributed by atoms with Crippen LogP contribution in [0.25, 0.3) is 67.1 Å². The smallest absolute Gasteiger partial charge is 0.295 e. The van der Waals surface area contributed by atoms with Crippen LogP contribution in [0.15, 0.2) is 145 Å². The van der Waals surface area contributed by atoms with Crippen LogP contribution in [0.1, 0.15) is 11.1 Å². The van der Waals surface area contributed by atoms with Gasteiger partial charge in [-0.2, -0.15) is 48.7 Å². The number of fused-ring (bicyclic) bond motifs is 12. The monoisotopic (exact) mass is 1010 g/mol. The van der Waals surface area contributed by atoms with E-state index in [4.69, 9.17) is 9.47 Å². The number of ether oxygens (including phenoxy) is 2. The fraction of sp³-hybridized carbons (Fsp3) is 0.0698. The molecule has 7 aromatic carbocycles. The second kappa shape index (κ2) is 15.3. The Balaban J connectivity index is 0.888. The molecule has 0 unspecified atom stereocenters. The van der Waals surface area contributed by atoms with Crippen molar-refractivity contribution in [3.63, 3.8) is 0 Å². The Morgan fingerprint density at radius 3 is 1.81 bits per heavy atom. The topological polar surface area (TPSA) is 288 Å². The van der Waals surface area contributed by atoms with Crippen molar-refractivity contribution in [3.05, 3.63) is 126 Å². The van der Waals surface area contributed by atoms with Gasteiger partial charge in [0.25, 0.3) is 40.5 Å². The predicted octanol–water partition coefficient (Wildman–Crippen LogP) is 7.06. The fourth-order valence-electron chi connectivity index (χ4n) is 8.41. The maximum absolute atomic E-state index is 12.7. The quantitative estimate of drug-likeness (QED) is 0.0367. The molecule has 0 saturated heterocycles. The summed E-state index contributed by atoms with van der Waals surface area (Å²) in [6, 6.07) is 28.5. The average molecular weight is 1010 g/mol. The van der Waals surface area contributed by atoms with Gasteiger partial charge in [0, 0.05) is 29.3 Å². The van der Waals surface area contributed by atoms with E-state index in [1.807, 2.05) is 20.1 Å². The minimum absolute atomic E-state index is 0.0185. The van der Waals surface area contributed by atoms with Crippen LogP contribution < -0.4 is 4.74 Å². The highest BCUT2D eigenvalue weighted by Crippen LogP contribution is 2.39. The highest BCUT2D eigenvalue weighted by Gasteiger charge is 2.31. The predicted molar refractivity (Wildman–Crippen MR) is 249 cm³/mol. The van der Waals surface area contributed by atoms with Gasteiger partial charge in [0.2, 0.25) is 0 Å². The van der Waals surface area contributed by atoms with Gasteiger partial charge in [-0.25, -0.2) is 0 Å². The summed E-state index contributed by atoms with van der Waals surface area (Å²) >= 11 is 0. The lowest BCUT2D eigenvalue weighted by molar-refractivity contribution is 0.146. The Bertz CT molecular complexity index is 4460. The van der Waals surface area contributed by atoms with Crippen LogP contribution in [0.4, 0.5) is 11.4 Å². The molecule has 22 nitrogen and oxygen atoms in total. The maximum Gasteiger partial charge on any atom is 0.295 e. The van der Waals surface area contributed by atoms with E-state index in [2.05, 4.69) is 10.2 Å². The summed E-state index contributed by atoms with van der Waals surface area (Å²) < 4.78 is 157. The number of hydrogen-bond acceptors (Lipinski definition) is 12. The van der Waals surface area contributed by atoms with Crippen LogP contribution >= 0.6 is 0 Å². The molecule has 0 atom stereocenters. The van der Waals surface area contributed by atoms with Crippen molar-refractivity contribution in [1.82, 2.24) is 28.1 Å². The Morgan fingerprint density at radius 1 is 0.522 bits per heavy atom. The molecule has 0 radical (unpaired) electrons. The average Bonchev–Trinajstić information content (AvgIpc) is 4.15. The third-order valence-electron chi connectivity index (χ3n) is 11.5. The third kappa shape index (κ3) is 7.41. The van der Waals surface area contributed by atoms with E-state index >= 15 is 0 Å². The molecule has 0 fully saturated rings. The lowest BCUT2D eigenvalue weighted by atomic mass is 10.1. The highest BCUT2D eigenvalue weighted by molar-refractivity contribution is 7.86. The van der Waals surface area contributed by atoms with Crippen LogP contribution in [0.5, 0.6) is 5.75 Å². The minimum atomic E-state index is -4.90. The summed E-state index contributed by atoms with van der Waals surface area (Å²) in [5.41, 5.74) is 3.68. The van der Waals surface area contributed by atoms with Crippen LogP contribution in [-0.4, -0.2) is 100 Å². The number of hydrogen-bond donors (Lipinski definition) is 4. The first-order valence-corrected chi connectivity index (χ1v) is 25.9. The molecule has 0 aliphatic carbocycles. The summed E-state index contributed by atoms with van der Waals surface area (Å²) in [6.07, 6.45) is 2.46. The van der Waals surface area contributed by atoms with E-state index in [1.165, 1.54) is 77.2 Å². The molecule has 0 spiro atoms. The van der Waals surface area contributed by atoms with Gasteiger partial charge in [0.05, 0.1) is 28.6 Å². The Labute approximate surface area is 388 Å². The first-order chi connectivity index (χ1) is 32.7. The van der Waals surface area contributed by atoms with Crippen LogP contribution in [0.2, 0.25) is 0 Å². The number of nitrogens with zero attached hydrogens (tertiary/aromatic N) is 8. The van der Waals surface area contributed by atoms with Crippen molar-refractivity contribution in [2.75, 3.05) is 20.3 Å². The molecule has 69 heavy (non-hydrogen) atoms. The van der Waals surface area contributed by atoms with Crippen molar-refractivity contribution in [3.8, 4) is 17.1 Å². The molecular formula is C43H32N8O14S4. The molecule has 0 bridgehead atoms. The summed E-state index contributed by atoms with van der Waals surface area (Å²) in [4.78, 5) is 1.66. The molecular weight excluding hydrogens is 981 g/mol. The van der Waals surface area contributed by atoms with Crippen molar-refractivity contribution in [2.24, 2.45) is 10.2 Å². The first-order valence-electron chi connectivity index (χ1n) is 20.2. The van der Waals surface area contributed by atoms with Gasteiger partial charge in [-0.05, 0) is 77.2 Å². The van der Waals surface area contributed by atoms with Crippen molar-refractivity contribution < 1.29 is 61.4 Å². The summed E-state index contributed by atoms with van der Waals surface area (Å²) in [5, 5.41) is 10.6. The molecule has 352 valence electrons. The van der Waals surface area contributed by atoms with E-state index in [1.54, 1.807) is 59.2 Å². The number of methoxy groups -OCH3 is 1. The molecule has 0 aliphatic rings. The molecule has 0 saturated carbocycles. The van der Waals surface area contributed by atoms with Gasteiger partial charge in [-0.3, -0.25) is 18.2 Å². The minimum Gasteiger partial charge on any atom is -0.489 e. The van der Waals surface area contributed by atoms with Crippen LogP contribution in [0, 0.1) is 0 Å². The van der Waals surface area contributed by atoms with Crippen molar-refractivity contribution >= 4 is 108 Å². The zero-order chi connectivity index (χ0) is 48.5. The summed E-state index contributed by atoms with van der Waals surface area (Å²) in [5.74, 6) is 0.378. The van der Waals surface area contributed by atoms with Gasteiger partial charge in [0.15, 0.2) is 0 Å². The molecule has 11 rings (SSSR count). The van der Waals surface area contributed by atoms with E-state index < -0.39 is 50.3 Å². The van der Waals surface area contributed by atoms with E-state index in [-0.39, 0.29) is 50.9 Å². The number of benzene rings is 7. The second-order valence-corrected chi connectivity index (χ2v) is 21.3. The molecule has 26 heteroatoms. The molecule has 0 amide bonds. The van der Waals surface area contributed by atoms with E-state index in [9.17, 15) is 51.9 Å². The van der Waals surface area contributed by atoms with Gasteiger partial charge >= 0.3 is 0 Å². The highest BCUT2D eigenvalue weighted by atomic mass is 32.2. The molecule has 4 aromatic heterocycles. The molecule has 4 heterocycles. The maximum atomic E-state index is 12.7. The lowest BCUT2D eigenvalue weighted by Crippen LogP contribution is -2.06. The van der Waals surface area contributed by atoms with E-state index in [0.717, 1.165) is 22.5 Å². The third-order valence-corrected chi connectivity index (χ3v) is 15.1. The first kappa shape index (κ1) is 44.1. The molecule has 11 aromatic rings. The SMILES string of the molecule is COCCOc1cc(N=Nc2ccc(C=Cc3ccc(-n4n5c6cc(S(=O)(=O)O)c7ccccc7c6n45)cc3S(=O)(=O)O)c(S(=O)(=O)O)c2)ccc1-n1n2c3ccc4cc(S(=O)(=O)O)ccc4c3n12. The summed E-state index contributed by atoms with van der Waals surface area (Å²) in [7, 11) is -17.3. The number of aromatic nitrogens is 6. The Morgan fingerprint density at radius 2 is 1.13 bits per heavy atom. The zero-order valence-corrected chi connectivity index (χ0v) is 38.4. The van der Waals surface area contributed by atoms with Crippen LogP contribution in [0.3, 0.4) is 0 Å². The lowest BCUT2D eigenvalue weighted by Gasteiger charge is -2.09. The summed E-state index contributed by atoms with van der Waals surface area (Å²) in [6.45, 7) is 0.425.